The van der Waals surface area contributed by atoms with Crippen LogP contribution in [0.4, 0.5) is 11.4 Å². The number of hydrogen-bond donors (Lipinski definition) is 2. The van der Waals surface area contributed by atoms with Crippen LogP contribution in [0.3, 0.4) is 0 Å². The third-order valence-corrected chi connectivity index (χ3v) is 3.64. The first-order valence-electron chi connectivity index (χ1n) is 9.04. The number of ether oxygens (including phenoxy) is 1. The maximum Gasteiger partial charge on any atom is 0.347 e. The summed E-state index contributed by atoms with van der Waals surface area (Å²) in [6, 6.07) is 5.47. The van der Waals surface area contributed by atoms with Gasteiger partial charge in [0.25, 0.3) is 0 Å². The zero-order chi connectivity index (χ0) is 20.1. The molecule has 0 aromatic heterocycles. The van der Waals surface area contributed by atoms with Crippen LogP contribution in [0.2, 0.25) is 0 Å². The average molecular weight is 364 g/mol. The number of amidine groups is 1. The van der Waals surface area contributed by atoms with Crippen molar-refractivity contribution >= 4 is 23.2 Å². The second-order valence-electron chi connectivity index (χ2n) is 8.01. The first kappa shape index (κ1) is 21.8. The molecule has 0 bridgehead atoms. The molecule has 0 aliphatic heterocycles. The molecule has 0 heterocycles. The molecule has 0 saturated heterocycles. The Labute approximate surface area is 157 Å². The fraction of sp³-hybridized carbons (Fsp3) is 0.600. The summed E-state index contributed by atoms with van der Waals surface area (Å²) >= 11 is 0. The van der Waals surface area contributed by atoms with Gasteiger partial charge in [0.1, 0.15) is 5.75 Å². The van der Waals surface area contributed by atoms with E-state index in [1.807, 2.05) is 6.07 Å². The highest BCUT2D eigenvalue weighted by atomic mass is 16.5. The number of aliphatic carboxylic acids is 1. The molecule has 1 aromatic carbocycles. The predicted octanol–water partition coefficient (Wildman–Crippen LogP) is 4.06. The maximum atomic E-state index is 11.3. The minimum absolute atomic E-state index is 0.440. The van der Waals surface area contributed by atoms with Gasteiger partial charge < -0.3 is 20.5 Å². The van der Waals surface area contributed by atoms with E-state index < -0.39 is 11.6 Å². The van der Waals surface area contributed by atoms with E-state index in [9.17, 15) is 9.90 Å². The average Bonchev–Trinajstić information content (AvgIpc) is 2.44. The highest BCUT2D eigenvalue weighted by Crippen LogP contribution is 2.35. The number of aliphatic imine (C=N–C) groups is 1. The summed E-state index contributed by atoms with van der Waals surface area (Å²) in [5.74, 6) is 0.853. The SMILES string of the molecule is CC(N)=Nc1cc(OC(C)(C)C(=O)O)ccc1N(CC(C)C)CC(C)C. The van der Waals surface area contributed by atoms with Crippen LogP contribution < -0.4 is 15.4 Å². The summed E-state index contributed by atoms with van der Waals surface area (Å²) in [5.41, 5.74) is 6.15. The van der Waals surface area contributed by atoms with E-state index in [1.54, 1.807) is 19.1 Å². The standard InChI is InChI=1S/C20H33N3O3/c1-13(2)11-23(12-14(3)4)18-9-8-16(10-17(18)22-15(5)21)26-20(6,7)19(24)25/h8-10,13-14H,11-12H2,1-7H3,(H2,21,22)(H,24,25). The molecule has 0 unspecified atom stereocenters. The van der Waals surface area contributed by atoms with Crippen molar-refractivity contribution in [2.45, 2.75) is 54.1 Å². The first-order valence-corrected chi connectivity index (χ1v) is 9.04. The number of rotatable bonds is 9. The van der Waals surface area contributed by atoms with Crippen LogP contribution >= 0.6 is 0 Å². The van der Waals surface area contributed by atoms with Crippen molar-refractivity contribution in [3.05, 3.63) is 18.2 Å². The van der Waals surface area contributed by atoms with Crippen molar-refractivity contribution in [1.29, 1.82) is 0 Å². The number of nitrogens with zero attached hydrogens (tertiary/aromatic N) is 2. The molecule has 0 saturated carbocycles. The Balaban J connectivity index is 3.34. The number of nitrogens with two attached hydrogens (primary N) is 1. The number of carboxylic acids is 1. The number of carboxylic acid groups (broad SMARTS) is 1. The number of benzene rings is 1. The Kier molecular flexibility index (Phi) is 7.48. The lowest BCUT2D eigenvalue weighted by Crippen LogP contribution is -2.37. The normalized spacial score (nSPS) is 12.6. The Hall–Kier alpha value is -2.24. The van der Waals surface area contributed by atoms with E-state index in [0.717, 1.165) is 18.8 Å². The Morgan fingerprint density at radius 3 is 2.19 bits per heavy atom. The van der Waals surface area contributed by atoms with Crippen LogP contribution in [0.25, 0.3) is 0 Å². The quantitative estimate of drug-likeness (QED) is 0.510. The lowest BCUT2D eigenvalue weighted by molar-refractivity contribution is -0.152. The molecule has 0 fully saturated rings. The van der Waals surface area contributed by atoms with Gasteiger partial charge in [0.2, 0.25) is 0 Å². The number of hydrogen-bond acceptors (Lipinski definition) is 4. The monoisotopic (exact) mass is 363 g/mol. The van der Waals surface area contributed by atoms with Gasteiger partial charge in [-0.25, -0.2) is 9.79 Å². The molecule has 3 N–H and O–H groups in total. The molecule has 0 aliphatic carbocycles. The maximum absolute atomic E-state index is 11.3. The lowest BCUT2D eigenvalue weighted by atomic mass is 10.1. The van der Waals surface area contributed by atoms with Gasteiger partial charge in [-0.3, -0.25) is 0 Å². The number of carbonyl (C=O) groups is 1. The number of anilines is 1. The van der Waals surface area contributed by atoms with E-state index in [4.69, 9.17) is 10.5 Å². The van der Waals surface area contributed by atoms with E-state index in [-0.39, 0.29) is 0 Å². The molecule has 6 nitrogen and oxygen atoms in total. The Morgan fingerprint density at radius 1 is 1.23 bits per heavy atom. The van der Waals surface area contributed by atoms with Crippen LogP contribution in [0.1, 0.15) is 48.5 Å². The van der Waals surface area contributed by atoms with Gasteiger partial charge >= 0.3 is 5.97 Å². The molecule has 0 atom stereocenters. The largest absolute Gasteiger partial charge is 0.478 e. The fourth-order valence-corrected chi connectivity index (χ4v) is 2.60. The van der Waals surface area contributed by atoms with Gasteiger partial charge in [0.15, 0.2) is 5.60 Å². The van der Waals surface area contributed by atoms with E-state index >= 15 is 0 Å². The van der Waals surface area contributed by atoms with Gasteiger partial charge in [0.05, 0.1) is 17.2 Å². The van der Waals surface area contributed by atoms with Gasteiger partial charge in [-0.1, -0.05) is 27.7 Å². The third kappa shape index (κ3) is 6.58. The molecule has 6 heteroatoms. The van der Waals surface area contributed by atoms with Gasteiger partial charge in [-0.05, 0) is 44.7 Å². The third-order valence-electron chi connectivity index (χ3n) is 3.64. The van der Waals surface area contributed by atoms with Crippen LogP contribution in [0.15, 0.2) is 23.2 Å². The van der Waals surface area contributed by atoms with Crippen LogP contribution in [0.5, 0.6) is 5.75 Å². The van der Waals surface area contributed by atoms with E-state index in [2.05, 4.69) is 37.6 Å². The van der Waals surface area contributed by atoms with Crippen molar-refractivity contribution in [2.75, 3.05) is 18.0 Å². The zero-order valence-electron chi connectivity index (χ0n) is 17.0. The summed E-state index contributed by atoms with van der Waals surface area (Å²) in [7, 11) is 0. The predicted molar refractivity (Wildman–Crippen MR) is 108 cm³/mol. The summed E-state index contributed by atoms with van der Waals surface area (Å²) in [4.78, 5) is 18.1. The summed E-state index contributed by atoms with van der Waals surface area (Å²) in [6.45, 7) is 15.3. The molecule has 0 aliphatic rings. The van der Waals surface area contributed by atoms with Crippen LogP contribution in [0, 0.1) is 11.8 Å². The van der Waals surface area contributed by atoms with Gasteiger partial charge in [-0.2, -0.15) is 0 Å². The van der Waals surface area contributed by atoms with Crippen molar-refractivity contribution in [1.82, 2.24) is 0 Å². The molecular formula is C20H33N3O3. The molecule has 146 valence electrons. The summed E-state index contributed by atoms with van der Waals surface area (Å²) in [5, 5.41) is 9.28. The highest BCUT2D eigenvalue weighted by molar-refractivity contribution is 5.84. The minimum Gasteiger partial charge on any atom is -0.478 e. The van der Waals surface area contributed by atoms with E-state index in [1.165, 1.54) is 13.8 Å². The van der Waals surface area contributed by atoms with Crippen molar-refractivity contribution in [2.24, 2.45) is 22.6 Å². The zero-order valence-corrected chi connectivity index (χ0v) is 17.0. The van der Waals surface area contributed by atoms with Gasteiger partial charge in [-0.15, -0.1) is 0 Å². The van der Waals surface area contributed by atoms with Crippen molar-refractivity contribution in [3.63, 3.8) is 0 Å². The topological polar surface area (TPSA) is 88.2 Å². The molecule has 26 heavy (non-hydrogen) atoms. The smallest absolute Gasteiger partial charge is 0.347 e. The second kappa shape index (κ2) is 8.92. The lowest BCUT2D eigenvalue weighted by Gasteiger charge is -2.30. The fourth-order valence-electron chi connectivity index (χ4n) is 2.60. The second-order valence-corrected chi connectivity index (χ2v) is 8.01. The van der Waals surface area contributed by atoms with Crippen LogP contribution in [-0.4, -0.2) is 35.6 Å². The van der Waals surface area contributed by atoms with Crippen molar-refractivity contribution < 1.29 is 14.6 Å². The first-order chi connectivity index (χ1) is 11.9. The van der Waals surface area contributed by atoms with E-state index in [0.29, 0.717) is 29.1 Å². The molecule has 1 rings (SSSR count). The molecule has 1 aromatic rings. The molecular weight excluding hydrogens is 330 g/mol. The highest BCUT2D eigenvalue weighted by Gasteiger charge is 2.29. The molecule has 0 amide bonds. The molecule has 0 radical (unpaired) electrons. The summed E-state index contributed by atoms with van der Waals surface area (Å²) in [6.07, 6.45) is 0. The van der Waals surface area contributed by atoms with Crippen LogP contribution in [-0.2, 0) is 4.79 Å². The summed E-state index contributed by atoms with van der Waals surface area (Å²) < 4.78 is 5.65. The Bertz CT molecular complexity index is 638. The van der Waals surface area contributed by atoms with Crippen molar-refractivity contribution in [3.8, 4) is 5.75 Å². The Morgan fingerprint density at radius 2 is 1.77 bits per heavy atom. The minimum atomic E-state index is -1.32. The van der Waals surface area contributed by atoms with Gasteiger partial charge in [0, 0.05) is 19.2 Å². The molecule has 0 spiro atoms.